The first-order valence-corrected chi connectivity index (χ1v) is 10.9. The van der Waals surface area contributed by atoms with Gasteiger partial charge in [-0.1, -0.05) is 0 Å². The Kier molecular flexibility index (Phi) is 6.40. The maximum Gasteiger partial charge on any atom is 0.295 e. The van der Waals surface area contributed by atoms with Crippen LogP contribution in [0.25, 0.3) is 5.69 Å². The van der Waals surface area contributed by atoms with Crippen molar-refractivity contribution < 1.29 is 19.2 Å². The Morgan fingerprint density at radius 1 is 0.971 bits per heavy atom. The second-order valence-corrected chi connectivity index (χ2v) is 8.12. The van der Waals surface area contributed by atoms with E-state index in [0.717, 1.165) is 17.1 Å². The lowest BCUT2D eigenvalue weighted by Crippen LogP contribution is -2.48. The van der Waals surface area contributed by atoms with Gasteiger partial charge in [0.25, 0.3) is 11.6 Å². The number of nitro benzene ring substituents is 1. The van der Waals surface area contributed by atoms with Crippen LogP contribution in [-0.4, -0.2) is 65.9 Å². The maximum absolute atomic E-state index is 13.0. The average Bonchev–Trinajstić information content (AvgIpc) is 3.20. The van der Waals surface area contributed by atoms with E-state index < -0.39 is 4.92 Å². The van der Waals surface area contributed by atoms with Gasteiger partial charge in [-0.15, -0.1) is 0 Å². The first kappa shape index (κ1) is 23.1. The summed E-state index contributed by atoms with van der Waals surface area (Å²) in [5.74, 6) is 1.00. The van der Waals surface area contributed by atoms with Crippen molar-refractivity contribution in [1.29, 1.82) is 0 Å². The zero-order chi connectivity index (χ0) is 24.4. The van der Waals surface area contributed by atoms with Gasteiger partial charge in [0.15, 0.2) is 11.5 Å². The van der Waals surface area contributed by atoms with E-state index in [9.17, 15) is 14.9 Å². The zero-order valence-corrected chi connectivity index (χ0v) is 19.6. The Morgan fingerprint density at radius 3 is 2.26 bits per heavy atom. The van der Waals surface area contributed by atoms with Gasteiger partial charge in [0.1, 0.15) is 5.69 Å². The van der Waals surface area contributed by atoms with Gasteiger partial charge in [-0.05, 0) is 50.2 Å². The molecule has 0 N–H and O–H groups in total. The summed E-state index contributed by atoms with van der Waals surface area (Å²) in [6, 6.07) is 12.1. The van der Waals surface area contributed by atoms with Crippen molar-refractivity contribution in [2.24, 2.45) is 0 Å². The van der Waals surface area contributed by atoms with Gasteiger partial charge < -0.3 is 19.3 Å². The van der Waals surface area contributed by atoms with E-state index >= 15 is 0 Å². The first-order chi connectivity index (χ1) is 16.3. The number of hydrogen-bond acceptors (Lipinski definition) is 7. The molecule has 10 nitrogen and oxygen atoms in total. The molecule has 0 atom stereocenters. The van der Waals surface area contributed by atoms with E-state index in [-0.39, 0.29) is 11.6 Å². The molecule has 0 radical (unpaired) electrons. The van der Waals surface area contributed by atoms with Crippen LogP contribution in [0.3, 0.4) is 0 Å². The average molecular weight is 466 g/mol. The maximum atomic E-state index is 13.0. The third-order valence-corrected chi connectivity index (χ3v) is 5.96. The number of piperazine rings is 1. The third kappa shape index (κ3) is 4.39. The minimum Gasteiger partial charge on any atom is -0.493 e. The molecule has 0 aliphatic carbocycles. The second-order valence-electron chi connectivity index (χ2n) is 8.12. The number of amides is 1. The van der Waals surface area contributed by atoms with Crippen molar-refractivity contribution in [3.8, 4) is 17.2 Å². The molecule has 0 unspecified atom stereocenters. The number of methoxy groups -OCH3 is 2. The van der Waals surface area contributed by atoms with Crippen molar-refractivity contribution >= 4 is 17.3 Å². The molecule has 34 heavy (non-hydrogen) atoms. The highest BCUT2D eigenvalue weighted by Crippen LogP contribution is 2.31. The van der Waals surface area contributed by atoms with Crippen LogP contribution in [0.4, 0.5) is 11.4 Å². The van der Waals surface area contributed by atoms with Crippen molar-refractivity contribution in [3.05, 3.63) is 69.5 Å². The number of nitrogens with zero attached hydrogens (tertiary/aromatic N) is 5. The topological polar surface area (TPSA) is 103 Å². The number of hydrogen-bond donors (Lipinski definition) is 0. The molecule has 1 aliphatic heterocycles. The predicted molar refractivity (Wildman–Crippen MR) is 127 cm³/mol. The van der Waals surface area contributed by atoms with E-state index in [1.165, 1.54) is 13.2 Å². The largest absolute Gasteiger partial charge is 0.493 e. The fourth-order valence-corrected chi connectivity index (χ4v) is 4.22. The second kappa shape index (κ2) is 9.42. The Morgan fingerprint density at radius 2 is 1.68 bits per heavy atom. The van der Waals surface area contributed by atoms with Crippen LogP contribution in [0.5, 0.6) is 11.5 Å². The van der Waals surface area contributed by atoms with Gasteiger partial charge in [0.2, 0.25) is 0 Å². The molecule has 1 aliphatic rings. The molecule has 0 saturated carbocycles. The van der Waals surface area contributed by atoms with E-state index in [1.807, 2.05) is 19.9 Å². The summed E-state index contributed by atoms with van der Waals surface area (Å²) in [5, 5.41) is 16.1. The smallest absolute Gasteiger partial charge is 0.295 e. The minimum absolute atomic E-state index is 0.00258. The van der Waals surface area contributed by atoms with Crippen LogP contribution < -0.4 is 14.4 Å². The highest BCUT2D eigenvalue weighted by Gasteiger charge is 2.25. The molecule has 10 heteroatoms. The number of benzene rings is 2. The summed E-state index contributed by atoms with van der Waals surface area (Å²) >= 11 is 0. The van der Waals surface area contributed by atoms with Crippen LogP contribution in [0.15, 0.2) is 42.5 Å². The molecule has 1 saturated heterocycles. The van der Waals surface area contributed by atoms with Crippen LogP contribution in [0.2, 0.25) is 0 Å². The lowest BCUT2D eigenvalue weighted by atomic mass is 10.1. The lowest BCUT2D eigenvalue weighted by molar-refractivity contribution is -0.384. The van der Waals surface area contributed by atoms with Crippen molar-refractivity contribution in [2.45, 2.75) is 13.8 Å². The molecule has 0 spiro atoms. The third-order valence-electron chi connectivity index (χ3n) is 5.96. The number of carbonyl (C=O) groups excluding carboxylic acids is 1. The summed E-state index contributed by atoms with van der Waals surface area (Å²) in [5.41, 5.74) is 3.43. The standard InChI is InChI=1S/C24H27N5O5/c1-16-13-17(2)28(25-16)21-15-19(6-7-20(21)29(31)32)26-9-11-27(12-10-26)24(30)18-5-8-22(33-3)23(14-18)34-4/h5-8,13-15H,9-12H2,1-4H3. The van der Waals surface area contributed by atoms with Crippen LogP contribution in [0.1, 0.15) is 21.7 Å². The Hall–Kier alpha value is -4.08. The number of carbonyl (C=O) groups is 1. The van der Waals surface area contributed by atoms with Gasteiger partial charge in [-0.25, -0.2) is 4.68 Å². The molecule has 4 rings (SSSR count). The number of anilines is 1. The first-order valence-electron chi connectivity index (χ1n) is 10.9. The summed E-state index contributed by atoms with van der Waals surface area (Å²) in [4.78, 5) is 28.2. The number of ether oxygens (including phenoxy) is 2. The number of aryl methyl sites for hydroxylation is 2. The molecule has 3 aromatic rings. The van der Waals surface area contributed by atoms with E-state index in [2.05, 4.69) is 10.00 Å². The SMILES string of the molecule is COc1ccc(C(=O)N2CCN(c3ccc([N+](=O)[O-])c(-n4nc(C)cc4C)c3)CC2)cc1OC. The molecular formula is C24H27N5O5. The number of rotatable bonds is 6. The highest BCUT2D eigenvalue weighted by molar-refractivity contribution is 5.95. The Balaban J connectivity index is 1.52. The van der Waals surface area contributed by atoms with Crippen molar-refractivity contribution in [2.75, 3.05) is 45.3 Å². The molecule has 178 valence electrons. The quantitative estimate of drug-likeness (QED) is 0.406. The van der Waals surface area contributed by atoms with Gasteiger partial charge in [-0.2, -0.15) is 5.10 Å². The molecule has 2 aromatic carbocycles. The fourth-order valence-electron chi connectivity index (χ4n) is 4.22. The predicted octanol–water partition coefficient (Wildman–Crippen LogP) is 3.38. The van der Waals surface area contributed by atoms with Crippen molar-refractivity contribution in [3.63, 3.8) is 0 Å². The highest BCUT2D eigenvalue weighted by atomic mass is 16.6. The molecular weight excluding hydrogens is 438 g/mol. The summed E-state index contributed by atoms with van der Waals surface area (Å²) in [6.45, 7) is 5.99. The molecule has 1 amide bonds. The van der Waals surface area contributed by atoms with Crippen LogP contribution in [0, 0.1) is 24.0 Å². The summed E-state index contributed by atoms with van der Waals surface area (Å²) in [6.07, 6.45) is 0. The normalized spacial score (nSPS) is 13.6. The molecule has 2 heterocycles. The van der Waals surface area contributed by atoms with E-state index in [0.29, 0.717) is 48.9 Å². The minimum atomic E-state index is -0.394. The summed E-state index contributed by atoms with van der Waals surface area (Å²) in [7, 11) is 3.09. The van der Waals surface area contributed by atoms with Crippen molar-refractivity contribution in [1.82, 2.24) is 14.7 Å². The monoisotopic (exact) mass is 465 g/mol. The number of aromatic nitrogens is 2. The Bertz CT molecular complexity index is 1230. The van der Waals surface area contributed by atoms with Gasteiger partial charge in [-0.3, -0.25) is 14.9 Å². The molecule has 0 bridgehead atoms. The summed E-state index contributed by atoms with van der Waals surface area (Å²) < 4.78 is 12.2. The fraction of sp³-hybridized carbons (Fsp3) is 0.333. The number of nitro groups is 1. The van der Waals surface area contributed by atoms with Gasteiger partial charge >= 0.3 is 0 Å². The van der Waals surface area contributed by atoms with E-state index in [4.69, 9.17) is 9.47 Å². The van der Waals surface area contributed by atoms with E-state index in [1.54, 1.807) is 47.0 Å². The lowest BCUT2D eigenvalue weighted by Gasteiger charge is -2.36. The molecule has 1 aromatic heterocycles. The van der Waals surface area contributed by atoms with Gasteiger partial charge in [0.05, 0.1) is 24.8 Å². The van der Waals surface area contributed by atoms with Gasteiger partial charge in [0, 0.05) is 49.2 Å². The van der Waals surface area contributed by atoms with Crippen LogP contribution >= 0.6 is 0 Å². The van der Waals surface area contributed by atoms with Crippen LogP contribution in [-0.2, 0) is 0 Å². The zero-order valence-electron chi connectivity index (χ0n) is 19.6. The molecule has 1 fully saturated rings. The Labute approximate surface area is 197 Å².